The fourth-order valence-corrected chi connectivity index (χ4v) is 2.58. The molecule has 2 aromatic rings. The normalized spacial score (nSPS) is 13.1. The molecule has 0 bridgehead atoms. The summed E-state index contributed by atoms with van der Waals surface area (Å²) in [6, 6.07) is 0. The molecule has 114 valence electrons. The summed E-state index contributed by atoms with van der Waals surface area (Å²) in [7, 11) is 1.68. The van der Waals surface area contributed by atoms with Crippen LogP contribution >= 0.6 is 0 Å². The van der Waals surface area contributed by atoms with E-state index in [1.807, 2.05) is 26.3 Å². The number of pyridine rings is 1. The van der Waals surface area contributed by atoms with E-state index in [9.17, 15) is 0 Å². The number of fused-ring (bicyclic) bond motifs is 1. The summed E-state index contributed by atoms with van der Waals surface area (Å²) in [5, 5.41) is 0. The molecule has 2 N–H and O–H groups in total. The minimum absolute atomic E-state index is 0.243. The third-order valence-electron chi connectivity index (χ3n) is 3.69. The summed E-state index contributed by atoms with van der Waals surface area (Å²) in [4.78, 5) is 19.2. The van der Waals surface area contributed by atoms with E-state index >= 15 is 0 Å². The van der Waals surface area contributed by atoms with Crippen LogP contribution in [-0.2, 0) is 6.54 Å². The highest BCUT2D eigenvalue weighted by Crippen LogP contribution is 2.31. The number of methoxy groups -OCH3 is 1. The highest BCUT2D eigenvalue weighted by molar-refractivity contribution is 5.79. The van der Waals surface area contributed by atoms with Crippen molar-refractivity contribution in [2.24, 2.45) is 4.99 Å². The first-order valence-corrected chi connectivity index (χ1v) is 6.99. The Balaban J connectivity index is 1.95. The Kier molecular flexibility index (Phi) is 3.62. The van der Waals surface area contributed by atoms with Crippen LogP contribution in [0.5, 0.6) is 5.75 Å². The van der Waals surface area contributed by atoms with Crippen molar-refractivity contribution in [3.05, 3.63) is 29.2 Å². The summed E-state index contributed by atoms with van der Waals surface area (Å²) in [6.45, 7) is 5.26. The maximum absolute atomic E-state index is 5.70. The van der Waals surface area contributed by atoms with Gasteiger partial charge < -0.3 is 15.4 Å². The average Bonchev–Trinajstić information content (AvgIpc) is 2.51. The number of nitrogen functional groups attached to an aromatic ring is 1. The third-order valence-corrected chi connectivity index (χ3v) is 3.69. The SMILES string of the molecule is COc1c(C)cnc(CN2CC=Nc3cnc(N)nc32)c1C. The van der Waals surface area contributed by atoms with Crippen molar-refractivity contribution < 1.29 is 4.74 Å². The van der Waals surface area contributed by atoms with Crippen molar-refractivity contribution in [3.8, 4) is 5.75 Å². The van der Waals surface area contributed by atoms with Gasteiger partial charge in [-0.3, -0.25) is 9.98 Å². The standard InChI is InChI=1S/C15H18N6O/c1-9-6-18-12(10(2)13(9)22-3)8-21-5-4-17-11-7-19-15(16)20-14(11)21/h4,6-7H,5,8H2,1-3H3,(H2,16,19,20). The van der Waals surface area contributed by atoms with Gasteiger partial charge in [-0.05, 0) is 13.8 Å². The highest BCUT2D eigenvalue weighted by Gasteiger charge is 2.19. The Morgan fingerprint density at radius 1 is 1.27 bits per heavy atom. The molecule has 1 aliphatic heterocycles. The first kappa shape index (κ1) is 14.2. The lowest BCUT2D eigenvalue weighted by atomic mass is 10.1. The first-order valence-electron chi connectivity index (χ1n) is 6.99. The fraction of sp³-hybridized carbons (Fsp3) is 0.333. The van der Waals surface area contributed by atoms with E-state index in [4.69, 9.17) is 10.5 Å². The van der Waals surface area contributed by atoms with Gasteiger partial charge in [-0.1, -0.05) is 0 Å². The number of aryl methyl sites for hydroxylation is 1. The maximum Gasteiger partial charge on any atom is 0.222 e. The summed E-state index contributed by atoms with van der Waals surface area (Å²) < 4.78 is 5.46. The van der Waals surface area contributed by atoms with E-state index in [0.29, 0.717) is 13.1 Å². The number of anilines is 2. The summed E-state index contributed by atoms with van der Waals surface area (Å²) in [5.74, 6) is 1.85. The van der Waals surface area contributed by atoms with Crippen LogP contribution < -0.4 is 15.4 Å². The van der Waals surface area contributed by atoms with Crippen molar-refractivity contribution >= 4 is 23.7 Å². The molecule has 0 amide bonds. The fourth-order valence-electron chi connectivity index (χ4n) is 2.58. The van der Waals surface area contributed by atoms with Gasteiger partial charge in [0.2, 0.25) is 5.95 Å². The van der Waals surface area contributed by atoms with Gasteiger partial charge in [0.05, 0.1) is 32.1 Å². The van der Waals surface area contributed by atoms with Crippen molar-refractivity contribution in [3.63, 3.8) is 0 Å². The predicted molar refractivity (Wildman–Crippen MR) is 85.9 cm³/mol. The molecule has 7 heteroatoms. The van der Waals surface area contributed by atoms with Crippen LogP contribution in [0.4, 0.5) is 17.5 Å². The predicted octanol–water partition coefficient (Wildman–Crippen LogP) is 1.80. The van der Waals surface area contributed by atoms with Crippen molar-refractivity contribution in [2.45, 2.75) is 20.4 Å². The number of nitrogens with two attached hydrogens (primary N) is 1. The average molecular weight is 298 g/mol. The third kappa shape index (κ3) is 2.45. The maximum atomic E-state index is 5.70. The molecular weight excluding hydrogens is 280 g/mol. The van der Waals surface area contributed by atoms with Crippen LogP contribution in [-0.4, -0.2) is 34.8 Å². The van der Waals surface area contributed by atoms with Crippen molar-refractivity contribution in [1.82, 2.24) is 15.0 Å². The van der Waals surface area contributed by atoms with Crippen LogP contribution in [0, 0.1) is 13.8 Å². The van der Waals surface area contributed by atoms with Gasteiger partial charge in [0.15, 0.2) is 5.82 Å². The Bertz CT molecular complexity index is 743. The van der Waals surface area contributed by atoms with Crippen LogP contribution in [0.1, 0.15) is 16.8 Å². The van der Waals surface area contributed by atoms with Gasteiger partial charge in [-0.15, -0.1) is 0 Å². The lowest BCUT2D eigenvalue weighted by Crippen LogP contribution is -2.29. The van der Waals surface area contributed by atoms with E-state index in [-0.39, 0.29) is 5.95 Å². The summed E-state index contributed by atoms with van der Waals surface area (Å²) in [5.41, 5.74) is 9.42. The Hall–Kier alpha value is -2.70. The summed E-state index contributed by atoms with van der Waals surface area (Å²) in [6.07, 6.45) is 5.30. The van der Waals surface area contributed by atoms with Gasteiger partial charge in [-0.2, -0.15) is 4.98 Å². The molecule has 0 unspecified atom stereocenters. The minimum atomic E-state index is 0.243. The van der Waals surface area contributed by atoms with Crippen LogP contribution in [0.15, 0.2) is 17.4 Å². The van der Waals surface area contributed by atoms with E-state index in [1.54, 1.807) is 13.3 Å². The number of aliphatic imine (C=N–C) groups is 1. The Morgan fingerprint density at radius 2 is 2.09 bits per heavy atom. The lowest BCUT2D eigenvalue weighted by molar-refractivity contribution is 0.407. The smallest absolute Gasteiger partial charge is 0.222 e. The Labute approximate surface area is 128 Å². The second kappa shape index (κ2) is 5.59. The van der Waals surface area contributed by atoms with Crippen molar-refractivity contribution in [1.29, 1.82) is 0 Å². The molecule has 1 aliphatic rings. The molecule has 3 heterocycles. The number of aromatic nitrogens is 3. The molecule has 0 saturated heterocycles. The first-order chi connectivity index (χ1) is 10.6. The zero-order chi connectivity index (χ0) is 15.7. The van der Waals surface area contributed by atoms with Crippen LogP contribution in [0.3, 0.4) is 0 Å². The van der Waals surface area contributed by atoms with Crippen LogP contribution in [0.2, 0.25) is 0 Å². The van der Waals surface area contributed by atoms with Gasteiger partial charge in [0.25, 0.3) is 0 Å². The second-order valence-corrected chi connectivity index (χ2v) is 5.18. The van der Waals surface area contributed by atoms with Gasteiger partial charge >= 0.3 is 0 Å². The van der Waals surface area contributed by atoms with Crippen LogP contribution in [0.25, 0.3) is 0 Å². The number of ether oxygens (including phenoxy) is 1. The van der Waals surface area contributed by atoms with E-state index in [1.165, 1.54) is 0 Å². The number of rotatable bonds is 3. The van der Waals surface area contributed by atoms with Gasteiger partial charge in [0.1, 0.15) is 11.4 Å². The molecule has 0 fully saturated rings. The monoisotopic (exact) mass is 298 g/mol. The molecular formula is C15H18N6O. The van der Waals surface area contributed by atoms with E-state index in [2.05, 4.69) is 24.8 Å². The van der Waals surface area contributed by atoms with Gasteiger partial charge in [0, 0.05) is 23.5 Å². The minimum Gasteiger partial charge on any atom is -0.496 e. The van der Waals surface area contributed by atoms with Gasteiger partial charge in [-0.25, -0.2) is 4.98 Å². The number of hydrogen-bond donors (Lipinski definition) is 1. The van der Waals surface area contributed by atoms with E-state index in [0.717, 1.165) is 34.1 Å². The molecule has 0 radical (unpaired) electrons. The molecule has 0 spiro atoms. The zero-order valence-electron chi connectivity index (χ0n) is 12.9. The van der Waals surface area contributed by atoms with E-state index < -0.39 is 0 Å². The summed E-state index contributed by atoms with van der Waals surface area (Å²) >= 11 is 0. The molecule has 3 rings (SSSR count). The lowest BCUT2D eigenvalue weighted by Gasteiger charge is -2.26. The molecule has 0 aromatic carbocycles. The number of hydrogen-bond acceptors (Lipinski definition) is 7. The largest absolute Gasteiger partial charge is 0.496 e. The quantitative estimate of drug-likeness (QED) is 0.929. The molecule has 22 heavy (non-hydrogen) atoms. The molecule has 0 saturated carbocycles. The second-order valence-electron chi connectivity index (χ2n) is 5.18. The molecule has 2 aromatic heterocycles. The molecule has 7 nitrogen and oxygen atoms in total. The number of nitrogens with zero attached hydrogens (tertiary/aromatic N) is 5. The molecule has 0 aliphatic carbocycles. The topological polar surface area (TPSA) is 89.5 Å². The van der Waals surface area contributed by atoms with Crippen molar-refractivity contribution in [2.75, 3.05) is 24.3 Å². The highest BCUT2D eigenvalue weighted by atomic mass is 16.5. The Morgan fingerprint density at radius 3 is 2.86 bits per heavy atom. The molecule has 0 atom stereocenters. The zero-order valence-corrected chi connectivity index (χ0v) is 12.9.